The van der Waals surface area contributed by atoms with Crippen LogP contribution in [0.5, 0.6) is 0 Å². The molecule has 2 rings (SSSR count). The molecule has 0 bridgehead atoms. The zero-order chi connectivity index (χ0) is 14.2. The van der Waals surface area contributed by atoms with Crippen molar-refractivity contribution in [2.75, 3.05) is 4.72 Å². The SMILES string of the molecule is Cc1nn(C)cc1N[S+](O)c1c(Cl)cc(Br)cc1Cl. The minimum Gasteiger partial charge on any atom is -0.273 e. The Labute approximate surface area is 132 Å². The van der Waals surface area contributed by atoms with Crippen molar-refractivity contribution in [3.63, 3.8) is 0 Å². The van der Waals surface area contributed by atoms with E-state index in [4.69, 9.17) is 23.2 Å². The van der Waals surface area contributed by atoms with E-state index in [0.717, 1.165) is 15.9 Å². The van der Waals surface area contributed by atoms with Gasteiger partial charge in [-0.3, -0.25) is 4.68 Å². The minimum atomic E-state index is -1.30. The number of hydrogen-bond acceptors (Lipinski definition) is 3. The van der Waals surface area contributed by atoms with Gasteiger partial charge in [0, 0.05) is 11.5 Å². The maximum Gasteiger partial charge on any atom is 0.306 e. The van der Waals surface area contributed by atoms with Gasteiger partial charge in [-0.1, -0.05) is 39.1 Å². The monoisotopic (exact) mass is 382 g/mol. The van der Waals surface area contributed by atoms with Crippen molar-refractivity contribution in [2.45, 2.75) is 11.8 Å². The molecule has 1 aromatic carbocycles. The molecule has 1 heterocycles. The predicted octanol–water partition coefficient (Wildman–Crippen LogP) is 4.28. The molecule has 0 aliphatic carbocycles. The van der Waals surface area contributed by atoms with Gasteiger partial charge in [0.05, 0.1) is 11.9 Å². The van der Waals surface area contributed by atoms with Crippen LogP contribution in [0.3, 0.4) is 0 Å². The number of hydrogen-bond donors (Lipinski definition) is 2. The number of benzene rings is 1. The van der Waals surface area contributed by atoms with E-state index in [-0.39, 0.29) is 0 Å². The van der Waals surface area contributed by atoms with Crippen molar-refractivity contribution in [3.05, 3.63) is 38.5 Å². The molecule has 1 aromatic heterocycles. The van der Waals surface area contributed by atoms with Crippen LogP contribution in [0, 0.1) is 6.92 Å². The van der Waals surface area contributed by atoms with Crippen LogP contribution < -0.4 is 4.72 Å². The molecular weight excluding hydrogens is 373 g/mol. The molecule has 0 saturated carbocycles. The molecule has 8 heteroatoms. The highest BCUT2D eigenvalue weighted by Crippen LogP contribution is 2.34. The summed E-state index contributed by atoms with van der Waals surface area (Å²) in [7, 11) is 1.81. The summed E-state index contributed by atoms with van der Waals surface area (Å²) in [5.74, 6) is 0. The molecule has 2 N–H and O–H groups in total. The second kappa shape index (κ2) is 5.93. The first kappa shape index (κ1) is 15.0. The third-order valence-electron chi connectivity index (χ3n) is 2.38. The van der Waals surface area contributed by atoms with Crippen LogP contribution in [0.4, 0.5) is 5.69 Å². The summed E-state index contributed by atoms with van der Waals surface area (Å²) in [4.78, 5) is 0.467. The van der Waals surface area contributed by atoms with Crippen LogP contribution in [0.1, 0.15) is 5.69 Å². The van der Waals surface area contributed by atoms with Gasteiger partial charge in [-0.2, -0.15) is 14.4 Å². The van der Waals surface area contributed by atoms with Crippen molar-refractivity contribution in [1.82, 2.24) is 9.78 Å². The Morgan fingerprint density at radius 2 is 1.95 bits per heavy atom. The molecule has 0 amide bonds. The minimum absolute atomic E-state index is 0.402. The normalized spacial score (nSPS) is 12.5. The molecule has 0 saturated heterocycles. The van der Waals surface area contributed by atoms with Gasteiger partial charge in [-0.15, -0.1) is 0 Å². The molecule has 2 aromatic rings. The van der Waals surface area contributed by atoms with Gasteiger partial charge in [0.1, 0.15) is 15.7 Å². The Kier molecular flexibility index (Phi) is 4.68. The summed E-state index contributed by atoms with van der Waals surface area (Å²) in [5.41, 5.74) is 1.53. The molecule has 0 aliphatic rings. The van der Waals surface area contributed by atoms with Crippen LogP contribution in [-0.2, 0) is 18.4 Å². The highest BCUT2D eigenvalue weighted by molar-refractivity contribution is 9.10. The Morgan fingerprint density at radius 3 is 2.42 bits per heavy atom. The summed E-state index contributed by atoms with van der Waals surface area (Å²) in [6, 6.07) is 3.38. The lowest BCUT2D eigenvalue weighted by Crippen LogP contribution is -2.14. The Hall–Kier alpha value is -0.400. The van der Waals surface area contributed by atoms with Gasteiger partial charge in [-0.25, -0.2) is 0 Å². The Balaban J connectivity index is 2.30. The molecule has 0 fully saturated rings. The first-order valence-corrected chi connectivity index (χ1v) is 7.96. The third-order valence-corrected chi connectivity index (χ3v) is 4.89. The summed E-state index contributed by atoms with van der Waals surface area (Å²) in [6.07, 6.45) is 1.78. The molecule has 0 spiro atoms. The molecule has 0 radical (unpaired) electrons. The number of nitrogens with zero attached hydrogens (tertiary/aromatic N) is 2. The number of anilines is 1. The summed E-state index contributed by atoms with van der Waals surface area (Å²) >= 11 is 14.2. The van der Waals surface area contributed by atoms with E-state index in [1.54, 1.807) is 23.0 Å². The van der Waals surface area contributed by atoms with E-state index in [0.29, 0.717) is 14.9 Å². The third kappa shape index (κ3) is 3.38. The second-order valence-electron chi connectivity index (χ2n) is 3.89. The van der Waals surface area contributed by atoms with Crippen molar-refractivity contribution >= 4 is 56.2 Å². The first-order valence-electron chi connectivity index (χ1n) is 5.23. The maximum absolute atomic E-state index is 10.3. The smallest absolute Gasteiger partial charge is 0.273 e. The Morgan fingerprint density at radius 1 is 1.37 bits per heavy atom. The topological polar surface area (TPSA) is 50.1 Å². The molecular formula is C11H11BrCl2N3OS+. The van der Waals surface area contributed by atoms with Crippen LogP contribution >= 0.6 is 39.1 Å². The lowest BCUT2D eigenvalue weighted by Gasteiger charge is -2.05. The summed E-state index contributed by atoms with van der Waals surface area (Å²) < 4.78 is 15.7. The van der Waals surface area contributed by atoms with E-state index < -0.39 is 11.4 Å². The van der Waals surface area contributed by atoms with E-state index in [1.807, 2.05) is 14.0 Å². The molecule has 0 aliphatic heterocycles. The molecule has 1 unspecified atom stereocenters. The Bertz CT molecular complexity index is 597. The second-order valence-corrected chi connectivity index (χ2v) is 6.80. The van der Waals surface area contributed by atoms with Crippen molar-refractivity contribution in [1.29, 1.82) is 0 Å². The fourth-order valence-electron chi connectivity index (χ4n) is 1.57. The highest BCUT2D eigenvalue weighted by atomic mass is 79.9. The number of rotatable bonds is 3. The maximum atomic E-state index is 10.3. The average Bonchev–Trinajstić information content (AvgIpc) is 2.55. The van der Waals surface area contributed by atoms with Crippen molar-refractivity contribution in [3.8, 4) is 0 Å². The predicted molar refractivity (Wildman–Crippen MR) is 84.0 cm³/mol. The lowest BCUT2D eigenvalue weighted by molar-refractivity contribution is 0.644. The molecule has 1 atom stereocenters. The van der Waals surface area contributed by atoms with Crippen LogP contribution in [-0.4, -0.2) is 14.3 Å². The van der Waals surface area contributed by atoms with Gasteiger partial charge in [0.2, 0.25) is 0 Å². The lowest BCUT2D eigenvalue weighted by atomic mass is 10.4. The highest BCUT2D eigenvalue weighted by Gasteiger charge is 2.29. The van der Waals surface area contributed by atoms with Crippen molar-refractivity contribution < 1.29 is 4.55 Å². The van der Waals surface area contributed by atoms with E-state index in [2.05, 4.69) is 25.8 Å². The van der Waals surface area contributed by atoms with Crippen molar-refractivity contribution in [2.24, 2.45) is 7.05 Å². The average molecular weight is 384 g/mol. The van der Waals surface area contributed by atoms with Crippen LogP contribution in [0.25, 0.3) is 0 Å². The quantitative estimate of drug-likeness (QED) is 0.778. The summed E-state index contributed by atoms with van der Waals surface area (Å²) in [5, 5.41) is 4.99. The van der Waals surface area contributed by atoms with Gasteiger partial charge < -0.3 is 0 Å². The summed E-state index contributed by atoms with van der Waals surface area (Å²) in [6.45, 7) is 1.85. The van der Waals surface area contributed by atoms with E-state index >= 15 is 0 Å². The largest absolute Gasteiger partial charge is 0.306 e. The molecule has 102 valence electrons. The van der Waals surface area contributed by atoms with E-state index in [1.165, 1.54) is 0 Å². The molecule has 4 nitrogen and oxygen atoms in total. The van der Waals surface area contributed by atoms with Gasteiger partial charge >= 0.3 is 11.4 Å². The van der Waals surface area contributed by atoms with Crippen LogP contribution in [0.2, 0.25) is 10.0 Å². The standard InChI is InChI=1S/C11H11BrCl2N3OS/c1-6-10(5-17(2)15-6)16-19(18)11-8(13)3-7(12)4-9(11)14/h3-5,16,18H,1-2H3/q+1. The zero-order valence-electron chi connectivity index (χ0n) is 10.1. The number of aromatic nitrogens is 2. The van der Waals surface area contributed by atoms with Crippen LogP contribution in [0.15, 0.2) is 27.7 Å². The van der Waals surface area contributed by atoms with Gasteiger partial charge in [-0.05, 0) is 19.1 Å². The number of halogens is 3. The zero-order valence-corrected chi connectivity index (χ0v) is 14.0. The number of nitrogens with one attached hydrogen (secondary N) is 1. The first-order chi connectivity index (χ1) is 8.88. The van der Waals surface area contributed by atoms with Gasteiger partial charge in [0.25, 0.3) is 4.90 Å². The van der Waals surface area contributed by atoms with E-state index in [9.17, 15) is 4.55 Å². The number of aryl methyl sites for hydroxylation is 2. The van der Waals surface area contributed by atoms with Gasteiger partial charge in [0.15, 0.2) is 0 Å². The molecule has 19 heavy (non-hydrogen) atoms. The fourth-order valence-corrected chi connectivity index (χ4v) is 4.21. The fraction of sp³-hybridized carbons (Fsp3) is 0.182.